The molecule has 2 aromatic rings. The number of carbonyl (C=O) groups is 1. The summed E-state index contributed by atoms with van der Waals surface area (Å²) in [4.78, 5) is 37.1. The summed E-state index contributed by atoms with van der Waals surface area (Å²) in [6, 6.07) is 5.32. The summed E-state index contributed by atoms with van der Waals surface area (Å²) in [5.41, 5.74) is 1.60. The number of aromatic nitrogens is 2. The zero-order valence-electron chi connectivity index (χ0n) is 18.3. The van der Waals surface area contributed by atoms with Crippen molar-refractivity contribution < 1.29 is 19.0 Å². The van der Waals surface area contributed by atoms with Crippen LogP contribution in [0, 0.1) is 0 Å². The van der Waals surface area contributed by atoms with Crippen LogP contribution >= 0.6 is 0 Å². The summed E-state index contributed by atoms with van der Waals surface area (Å²) in [7, 11) is 2.01. The summed E-state index contributed by atoms with van der Waals surface area (Å²) in [6.45, 7) is 3.72. The van der Waals surface area contributed by atoms with E-state index < -0.39 is 0 Å². The number of hydrogen-bond acceptors (Lipinski definition) is 7. The molecule has 0 aliphatic carbocycles. The number of fused-ring (bicyclic) bond motifs is 2. The molecule has 0 spiro atoms. The number of nitrogens with zero attached hydrogens (tertiary/aromatic N) is 3. The normalized spacial score (nSPS) is 20.5. The van der Waals surface area contributed by atoms with Crippen molar-refractivity contribution in [3.8, 4) is 17.2 Å². The Kier molecular flexibility index (Phi) is 5.73. The molecule has 1 amide bonds. The summed E-state index contributed by atoms with van der Waals surface area (Å²) < 4.78 is 16.8. The fourth-order valence-electron chi connectivity index (χ4n) is 4.55. The molecule has 9 heteroatoms. The second kappa shape index (κ2) is 8.82. The number of nitrogens with one attached hydrogen (secondary N) is 1. The van der Waals surface area contributed by atoms with Gasteiger partial charge in [-0.1, -0.05) is 0 Å². The van der Waals surface area contributed by atoms with E-state index in [0.717, 1.165) is 37.1 Å². The van der Waals surface area contributed by atoms with E-state index >= 15 is 0 Å². The maximum atomic E-state index is 12.8. The van der Waals surface area contributed by atoms with Crippen molar-refractivity contribution in [2.24, 2.45) is 0 Å². The maximum absolute atomic E-state index is 12.8. The fourth-order valence-corrected chi connectivity index (χ4v) is 4.55. The number of amides is 1. The Morgan fingerprint density at radius 3 is 2.97 bits per heavy atom. The summed E-state index contributed by atoms with van der Waals surface area (Å²) >= 11 is 0. The summed E-state index contributed by atoms with van der Waals surface area (Å²) in [5, 5.41) is 0. The van der Waals surface area contributed by atoms with E-state index in [2.05, 4.69) is 9.88 Å². The number of benzene rings is 1. The molecule has 1 aromatic heterocycles. The van der Waals surface area contributed by atoms with Gasteiger partial charge in [0.25, 0.3) is 11.5 Å². The lowest BCUT2D eigenvalue weighted by atomic mass is 9.96. The Morgan fingerprint density at radius 2 is 2.09 bits per heavy atom. The predicted molar refractivity (Wildman–Crippen MR) is 116 cm³/mol. The topological polar surface area (TPSA) is 97.0 Å². The quantitative estimate of drug-likeness (QED) is 0.766. The minimum Gasteiger partial charge on any atom is -0.486 e. The predicted octanol–water partition coefficient (Wildman–Crippen LogP) is 1.31. The third-order valence-corrected chi connectivity index (χ3v) is 6.31. The molecule has 1 N–H and O–H groups in total. The van der Waals surface area contributed by atoms with Crippen molar-refractivity contribution in [1.29, 1.82) is 0 Å². The zero-order valence-corrected chi connectivity index (χ0v) is 18.3. The molecule has 1 atom stereocenters. The third kappa shape index (κ3) is 4.29. The number of piperidine rings is 1. The molecule has 1 aromatic carbocycles. The van der Waals surface area contributed by atoms with Gasteiger partial charge in [-0.15, -0.1) is 0 Å². The van der Waals surface area contributed by atoms with Gasteiger partial charge in [-0.25, -0.2) is 4.98 Å². The number of likely N-dealkylation sites (tertiary alicyclic amines) is 1. The molecule has 1 saturated heterocycles. The van der Waals surface area contributed by atoms with E-state index in [4.69, 9.17) is 19.2 Å². The molecule has 0 unspecified atom stereocenters. The molecule has 9 nitrogen and oxygen atoms in total. The highest BCUT2D eigenvalue weighted by Gasteiger charge is 2.28. The number of hydrogen-bond donors (Lipinski definition) is 1. The highest BCUT2D eigenvalue weighted by molar-refractivity contribution is 5.78. The van der Waals surface area contributed by atoms with Crippen LogP contribution in [0.15, 0.2) is 23.0 Å². The van der Waals surface area contributed by atoms with E-state index in [1.807, 2.05) is 7.05 Å². The largest absolute Gasteiger partial charge is 0.486 e. The van der Waals surface area contributed by atoms with Gasteiger partial charge in [-0.05, 0) is 32.0 Å². The molecule has 32 heavy (non-hydrogen) atoms. The molecule has 170 valence electrons. The second-order valence-electron chi connectivity index (χ2n) is 8.64. The average Bonchev–Trinajstić information content (AvgIpc) is 2.83. The van der Waals surface area contributed by atoms with Crippen LogP contribution in [0.25, 0.3) is 0 Å². The standard InChI is InChI=1S/C23H28N4O5/c1-26-8-6-18-17(13-26)23(29)25-22(24-18)15-3-2-7-27(12-15)21(28)14-32-16-4-5-19-20(11-16)31-10-9-30-19/h4-5,11,15H,2-3,6-10,12-14H2,1H3,(H,24,25,29)/t15-/m1/s1. The van der Waals surface area contributed by atoms with Gasteiger partial charge < -0.3 is 29.0 Å². The molecular weight excluding hydrogens is 412 g/mol. The first kappa shape index (κ1) is 20.8. The van der Waals surface area contributed by atoms with Crippen molar-refractivity contribution in [3.63, 3.8) is 0 Å². The van der Waals surface area contributed by atoms with Crippen LogP contribution in [-0.4, -0.2) is 72.2 Å². The van der Waals surface area contributed by atoms with E-state index in [1.54, 1.807) is 23.1 Å². The van der Waals surface area contributed by atoms with Crippen molar-refractivity contribution in [1.82, 2.24) is 19.8 Å². The van der Waals surface area contributed by atoms with Crippen molar-refractivity contribution in [3.05, 3.63) is 45.6 Å². The van der Waals surface area contributed by atoms with Crippen molar-refractivity contribution in [2.75, 3.05) is 46.5 Å². The first-order chi connectivity index (χ1) is 15.6. The van der Waals surface area contributed by atoms with Gasteiger partial charge in [0.15, 0.2) is 18.1 Å². The fraction of sp³-hybridized carbons (Fsp3) is 0.522. The van der Waals surface area contributed by atoms with Gasteiger partial charge in [0.05, 0.1) is 11.3 Å². The van der Waals surface area contributed by atoms with Gasteiger partial charge in [0.1, 0.15) is 24.8 Å². The van der Waals surface area contributed by atoms with Crippen LogP contribution in [0.5, 0.6) is 17.2 Å². The van der Waals surface area contributed by atoms with Crippen LogP contribution in [0.4, 0.5) is 0 Å². The molecule has 4 heterocycles. The Bertz CT molecular complexity index is 1070. The highest BCUT2D eigenvalue weighted by atomic mass is 16.6. The van der Waals surface area contributed by atoms with Gasteiger partial charge in [-0.2, -0.15) is 0 Å². The number of ether oxygens (including phenoxy) is 3. The Hall–Kier alpha value is -3.07. The first-order valence-corrected chi connectivity index (χ1v) is 11.2. The monoisotopic (exact) mass is 440 g/mol. The third-order valence-electron chi connectivity index (χ3n) is 6.31. The minimum atomic E-state index is -0.0773. The van der Waals surface area contributed by atoms with Gasteiger partial charge in [-0.3, -0.25) is 9.59 Å². The van der Waals surface area contributed by atoms with Gasteiger partial charge in [0, 0.05) is 44.6 Å². The van der Waals surface area contributed by atoms with Crippen LogP contribution in [0.2, 0.25) is 0 Å². The van der Waals surface area contributed by atoms with Crippen LogP contribution < -0.4 is 19.8 Å². The van der Waals surface area contributed by atoms with Crippen LogP contribution in [-0.2, 0) is 17.8 Å². The molecule has 1 fully saturated rings. The second-order valence-corrected chi connectivity index (χ2v) is 8.64. The number of carbonyl (C=O) groups excluding carboxylic acids is 1. The van der Waals surface area contributed by atoms with Crippen molar-refractivity contribution in [2.45, 2.75) is 31.7 Å². The van der Waals surface area contributed by atoms with E-state index in [1.165, 1.54) is 0 Å². The molecule has 3 aliphatic rings. The highest BCUT2D eigenvalue weighted by Crippen LogP contribution is 2.33. The Labute approximate surface area is 186 Å². The molecule has 3 aliphatic heterocycles. The molecule has 0 radical (unpaired) electrons. The minimum absolute atomic E-state index is 0.0275. The number of likely N-dealkylation sites (N-methyl/N-ethyl adjacent to an activating group) is 1. The number of H-pyrrole nitrogens is 1. The molecular formula is C23H28N4O5. The number of aromatic amines is 1. The smallest absolute Gasteiger partial charge is 0.260 e. The average molecular weight is 441 g/mol. The Balaban J connectivity index is 1.23. The first-order valence-electron chi connectivity index (χ1n) is 11.2. The molecule has 5 rings (SSSR count). The van der Waals surface area contributed by atoms with Gasteiger partial charge in [0.2, 0.25) is 0 Å². The van der Waals surface area contributed by atoms with E-state index in [-0.39, 0.29) is 24.0 Å². The van der Waals surface area contributed by atoms with E-state index in [9.17, 15) is 9.59 Å². The zero-order chi connectivity index (χ0) is 22.1. The van der Waals surface area contributed by atoms with Crippen LogP contribution in [0.3, 0.4) is 0 Å². The molecule has 0 bridgehead atoms. The lowest BCUT2D eigenvalue weighted by Crippen LogP contribution is -2.42. The maximum Gasteiger partial charge on any atom is 0.260 e. The number of rotatable bonds is 4. The van der Waals surface area contributed by atoms with Crippen molar-refractivity contribution >= 4 is 5.91 Å². The van der Waals surface area contributed by atoms with Gasteiger partial charge >= 0.3 is 0 Å². The Morgan fingerprint density at radius 1 is 1.25 bits per heavy atom. The van der Waals surface area contributed by atoms with E-state index in [0.29, 0.717) is 55.9 Å². The lowest BCUT2D eigenvalue weighted by Gasteiger charge is -2.33. The summed E-state index contributed by atoms with van der Waals surface area (Å²) in [5.74, 6) is 2.54. The lowest BCUT2D eigenvalue weighted by molar-refractivity contribution is -0.134. The summed E-state index contributed by atoms with van der Waals surface area (Å²) in [6.07, 6.45) is 2.54. The van der Waals surface area contributed by atoms with Crippen LogP contribution in [0.1, 0.15) is 35.8 Å². The SMILES string of the molecule is CN1CCc2nc([C@@H]3CCCN(C(=O)COc4ccc5c(c4)OCCO5)C3)[nH]c(=O)c2C1. The molecule has 0 saturated carbocycles.